The van der Waals surface area contributed by atoms with Crippen LogP contribution in [0.1, 0.15) is 46.0 Å². The maximum absolute atomic E-state index is 14.2. The Morgan fingerprint density at radius 3 is 2.45 bits per heavy atom. The van der Waals surface area contributed by atoms with Gasteiger partial charge in [-0.15, -0.1) is 0 Å². The lowest BCUT2D eigenvalue weighted by Crippen LogP contribution is -2.46. The van der Waals surface area contributed by atoms with Crippen LogP contribution in [0.3, 0.4) is 0 Å². The first-order valence-electron chi connectivity index (χ1n) is 7.71. The van der Waals surface area contributed by atoms with Gasteiger partial charge in [0, 0.05) is 5.57 Å². The van der Waals surface area contributed by atoms with Gasteiger partial charge in [-0.2, -0.15) is 8.78 Å². The van der Waals surface area contributed by atoms with Crippen molar-refractivity contribution in [2.24, 2.45) is 11.8 Å². The third kappa shape index (κ3) is 3.31. The van der Waals surface area contributed by atoms with Gasteiger partial charge in [0.25, 0.3) is 0 Å². The molecule has 2 bridgehead atoms. The van der Waals surface area contributed by atoms with E-state index < -0.39 is 30.1 Å². The number of alkyl halides is 2. The van der Waals surface area contributed by atoms with Crippen molar-refractivity contribution in [3.8, 4) is 0 Å². The van der Waals surface area contributed by atoms with Gasteiger partial charge in [-0.25, -0.2) is 9.59 Å². The van der Waals surface area contributed by atoms with Crippen molar-refractivity contribution in [1.82, 2.24) is 0 Å². The summed E-state index contributed by atoms with van der Waals surface area (Å²) < 4.78 is 38.2. The number of ether oxygens (including phenoxy) is 2. The fourth-order valence-corrected chi connectivity index (χ4v) is 3.32. The molecule has 0 N–H and O–H groups in total. The van der Waals surface area contributed by atoms with Crippen molar-refractivity contribution in [2.45, 2.75) is 64.1 Å². The molecule has 4 atom stereocenters. The van der Waals surface area contributed by atoms with Crippen molar-refractivity contribution >= 4 is 11.9 Å². The number of hydrogen-bond donors (Lipinski definition) is 0. The van der Waals surface area contributed by atoms with Crippen LogP contribution in [-0.2, 0) is 19.1 Å². The minimum Gasteiger partial charge on any atom is -0.458 e. The minimum atomic E-state index is -3.85. The molecular formula is C16H22F2O4. The van der Waals surface area contributed by atoms with Crippen LogP contribution in [-0.4, -0.2) is 30.1 Å². The lowest BCUT2D eigenvalue weighted by Gasteiger charge is -2.28. The molecule has 0 aliphatic heterocycles. The Balaban J connectivity index is 1.98. The molecule has 3 unspecified atom stereocenters. The van der Waals surface area contributed by atoms with E-state index in [9.17, 15) is 18.4 Å². The molecule has 2 aliphatic carbocycles. The summed E-state index contributed by atoms with van der Waals surface area (Å²) in [6.45, 7) is 6.13. The Hall–Kier alpha value is -1.46. The van der Waals surface area contributed by atoms with Crippen LogP contribution in [0.25, 0.3) is 0 Å². The third-order valence-electron chi connectivity index (χ3n) is 4.58. The van der Waals surface area contributed by atoms with E-state index in [1.54, 1.807) is 0 Å². The highest BCUT2D eigenvalue weighted by atomic mass is 19.3. The third-order valence-corrected chi connectivity index (χ3v) is 4.58. The normalized spacial score (nSPS) is 28.3. The van der Waals surface area contributed by atoms with E-state index in [0.29, 0.717) is 12.3 Å². The molecule has 0 spiro atoms. The van der Waals surface area contributed by atoms with Crippen LogP contribution in [0.4, 0.5) is 8.78 Å². The molecule has 2 aliphatic rings. The molecule has 4 nitrogen and oxygen atoms in total. The van der Waals surface area contributed by atoms with Crippen LogP contribution >= 0.6 is 0 Å². The highest BCUT2D eigenvalue weighted by Crippen LogP contribution is 2.46. The van der Waals surface area contributed by atoms with Gasteiger partial charge in [-0.1, -0.05) is 13.5 Å². The zero-order valence-corrected chi connectivity index (χ0v) is 12.9. The van der Waals surface area contributed by atoms with Crippen LogP contribution in [0.5, 0.6) is 0 Å². The van der Waals surface area contributed by atoms with Gasteiger partial charge in [0.15, 0.2) is 6.10 Å². The molecule has 0 aromatic rings. The lowest BCUT2D eigenvalue weighted by molar-refractivity contribution is -0.202. The van der Waals surface area contributed by atoms with Crippen LogP contribution in [0, 0.1) is 11.8 Å². The zero-order valence-electron chi connectivity index (χ0n) is 12.9. The summed E-state index contributed by atoms with van der Waals surface area (Å²) in [5, 5.41) is 0. The molecule has 0 amide bonds. The number of carbonyl (C=O) groups excluding carboxylic acids is 2. The number of esters is 2. The second-order valence-corrected chi connectivity index (χ2v) is 6.32. The summed E-state index contributed by atoms with van der Waals surface area (Å²) in [6.07, 6.45) is 1.19. The molecule has 2 saturated carbocycles. The van der Waals surface area contributed by atoms with Gasteiger partial charge in [0.1, 0.15) is 6.10 Å². The lowest BCUT2D eigenvalue weighted by atomic mass is 9.97. The average Bonchev–Trinajstić information content (AvgIpc) is 3.06. The largest absolute Gasteiger partial charge is 0.458 e. The number of carbonyl (C=O) groups is 2. The standard InChI is InChI=1S/C16H22F2O4/c1-4-13(22-14(19)9(2)3)16(17,18)15(20)21-12-8-10-5-6-11(12)7-10/h10-13H,2,4-8H2,1,3H3/t10?,11?,12-,13?/m0/s1. The van der Waals surface area contributed by atoms with Gasteiger partial charge in [0.05, 0.1) is 0 Å². The maximum atomic E-state index is 14.2. The van der Waals surface area contributed by atoms with E-state index in [1.165, 1.54) is 13.8 Å². The van der Waals surface area contributed by atoms with Gasteiger partial charge in [-0.3, -0.25) is 0 Å². The summed E-state index contributed by atoms with van der Waals surface area (Å²) in [4.78, 5) is 23.3. The quantitative estimate of drug-likeness (QED) is 0.557. The Morgan fingerprint density at radius 1 is 1.32 bits per heavy atom. The van der Waals surface area contributed by atoms with E-state index in [0.717, 1.165) is 19.3 Å². The number of hydrogen-bond acceptors (Lipinski definition) is 4. The van der Waals surface area contributed by atoms with Crippen LogP contribution in [0.15, 0.2) is 12.2 Å². The average molecular weight is 316 g/mol. The van der Waals surface area contributed by atoms with Crippen molar-refractivity contribution in [3.63, 3.8) is 0 Å². The van der Waals surface area contributed by atoms with Crippen molar-refractivity contribution in [3.05, 3.63) is 12.2 Å². The van der Waals surface area contributed by atoms with Crippen molar-refractivity contribution in [1.29, 1.82) is 0 Å². The molecule has 0 aromatic carbocycles. The van der Waals surface area contributed by atoms with Gasteiger partial charge >= 0.3 is 17.9 Å². The topological polar surface area (TPSA) is 52.6 Å². The van der Waals surface area contributed by atoms with Gasteiger partial charge in [-0.05, 0) is 50.9 Å². The van der Waals surface area contributed by atoms with Crippen molar-refractivity contribution < 1.29 is 27.8 Å². The zero-order chi connectivity index (χ0) is 16.5. The fourth-order valence-electron chi connectivity index (χ4n) is 3.32. The number of fused-ring (bicyclic) bond motifs is 2. The summed E-state index contributed by atoms with van der Waals surface area (Å²) in [7, 11) is 0. The number of halogens is 2. The summed E-state index contributed by atoms with van der Waals surface area (Å²) in [5.41, 5.74) is 0.00993. The van der Waals surface area contributed by atoms with Gasteiger partial charge < -0.3 is 9.47 Å². The maximum Gasteiger partial charge on any atom is 0.381 e. The van der Waals surface area contributed by atoms with Crippen LogP contribution < -0.4 is 0 Å². The monoisotopic (exact) mass is 316 g/mol. The first-order valence-corrected chi connectivity index (χ1v) is 7.71. The molecule has 0 radical (unpaired) electrons. The fraction of sp³-hybridized carbons (Fsp3) is 0.750. The molecule has 0 heterocycles. The minimum absolute atomic E-state index is 0.00993. The Morgan fingerprint density at radius 2 is 2.00 bits per heavy atom. The Labute approximate surface area is 128 Å². The van der Waals surface area contributed by atoms with E-state index in [2.05, 4.69) is 11.3 Å². The van der Waals surface area contributed by atoms with E-state index in [-0.39, 0.29) is 17.9 Å². The summed E-state index contributed by atoms with van der Waals surface area (Å²) in [5.74, 6) is -5.69. The highest BCUT2D eigenvalue weighted by molar-refractivity contribution is 5.87. The molecule has 0 aromatic heterocycles. The predicted molar refractivity (Wildman–Crippen MR) is 75.3 cm³/mol. The molecule has 2 fully saturated rings. The second-order valence-electron chi connectivity index (χ2n) is 6.32. The Kier molecular flexibility index (Phi) is 4.87. The highest BCUT2D eigenvalue weighted by Gasteiger charge is 2.53. The van der Waals surface area contributed by atoms with Crippen LogP contribution in [0.2, 0.25) is 0 Å². The number of rotatable bonds is 6. The summed E-state index contributed by atoms with van der Waals surface area (Å²) in [6, 6.07) is 0. The molecule has 0 saturated heterocycles. The first kappa shape index (κ1) is 16.9. The summed E-state index contributed by atoms with van der Waals surface area (Å²) >= 11 is 0. The molecule has 22 heavy (non-hydrogen) atoms. The second kappa shape index (κ2) is 6.34. The first-order chi connectivity index (χ1) is 10.3. The predicted octanol–water partition coefficient (Wildman–Crippen LogP) is 3.25. The molecule has 6 heteroatoms. The molecule has 124 valence electrons. The Bertz CT molecular complexity index is 475. The smallest absolute Gasteiger partial charge is 0.381 e. The SMILES string of the molecule is C=C(C)C(=O)OC(CC)C(F)(F)C(=O)O[C@H]1CC2CCC1C2. The van der Waals surface area contributed by atoms with E-state index in [1.807, 2.05) is 0 Å². The van der Waals surface area contributed by atoms with Gasteiger partial charge in [0.2, 0.25) is 0 Å². The molecule has 2 rings (SSSR count). The van der Waals surface area contributed by atoms with E-state index in [4.69, 9.17) is 4.74 Å². The van der Waals surface area contributed by atoms with E-state index >= 15 is 0 Å². The van der Waals surface area contributed by atoms with Crippen molar-refractivity contribution in [2.75, 3.05) is 0 Å². The molecular weight excluding hydrogens is 294 g/mol.